The van der Waals surface area contributed by atoms with E-state index in [1.165, 1.54) is 12.3 Å². The van der Waals surface area contributed by atoms with Crippen LogP contribution in [-0.2, 0) is 6.54 Å². The molecular weight excluding hydrogens is 316 g/mol. The molecule has 120 valence electrons. The highest BCUT2D eigenvalue weighted by molar-refractivity contribution is 5.86. The Kier molecular flexibility index (Phi) is 3.23. The van der Waals surface area contributed by atoms with Gasteiger partial charge in [0.2, 0.25) is 5.95 Å². The maximum Gasteiger partial charge on any atom is 0.222 e. The average molecular weight is 327 g/mol. The molecule has 0 spiro atoms. The molecule has 0 radical (unpaired) electrons. The molecule has 0 unspecified atom stereocenters. The number of nitrogen functional groups attached to an aromatic ring is 1. The fourth-order valence-corrected chi connectivity index (χ4v) is 2.50. The van der Waals surface area contributed by atoms with Crippen molar-refractivity contribution < 1.29 is 13.2 Å². The number of anilines is 1. The summed E-state index contributed by atoms with van der Waals surface area (Å²) in [5, 5.41) is 0. The number of halogens is 2. The van der Waals surface area contributed by atoms with E-state index < -0.39 is 11.6 Å². The van der Waals surface area contributed by atoms with Crippen LogP contribution >= 0.6 is 0 Å². The molecular formula is C16H11F2N5O. The van der Waals surface area contributed by atoms with Gasteiger partial charge in [-0.05, 0) is 29.8 Å². The molecule has 3 aromatic heterocycles. The zero-order valence-corrected chi connectivity index (χ0v) is 12.3. The zero-order chi connectivity index (χ0) is 16.7. The van der Waals surface area contributed by atoms with Crippen molar-refractivity contribution in [2.45, 2.75) is 6.54 Å². The largest absolute Gasteiger partial charge is 0.463 e. The van der Waals surface area contributed by atoms with Gasteiger partial charge >= 0.3 is 0 Å². The number of nitrogens with zero attached hydrogens (tertiary/aromatic N) is 4. The molecule has 1 aromatic carbocycles. The molecule has 0 aliphatic carbocycles. The summed E-state index contributed by atoms with van der Waals surface area (Å²) in [5.41, 5.74) is 7.83. The Bertz CT molecular complexity index is 1030. The Balaban J connectivity index is 1.81. The first-order valence-electron chi connectivity index (χ1n) is 7.08. The Morgan fingerprint density at radius 1 is 1.12 bits per heavy atom. The van der Waals surface area contributed by atoms with Crippen LogP contribution in [0.25, 0.3) is 22.6 Å². The van der Waals surface area contributed by atoms with Gasteiger partial charge in [-0.15, -0.1) is 0 Å². The maximum atomic E-state index is 13.4. The molecule has 24 heavy (non-hydrogen) atoms. The smallest absolute Gasteiger partial charge is 0.222 e. The van der Waals surface area contributed by atoms with Crippen LogP contribution in [0.1, 0.15) is 5.56 Å². The second kappa shape index (κ2) is 5.41. The number of hydrogen-bond donors (Lipinski definition) is 1. The Labute approximate surface area is 134 Å². The van der Waals surface area contributed by atoms with Gasteiger partial charge < -0.3 is 14.7 Å². The molecule has 0 aliphatic heterocycles. The van der Waals surface area contributed by atoms with Crippen molar-refractivity contribution in [3.05, 3.63) is 60.1 Å². The lowest BCUT2D eigenvalue weighted by atomic mass is 10.2. The molecule has 0 aliphatic rings. The molecule has 0 fully saturated rings. The molecule has 4 aromatic rings. The van der Waals surface area contributed by atoms with Crippen molar-refractivity contribution >= 4 is 17.1 Å². The molecule has 0 saturated heterocycles. The molecule has 2 N–H and O–H groups in total. The lowest BCUT2D eigenvalue weighted by molar-refractivity contribution is 0.506. The topological polar surface area (TPSA) is 82.8 Å². The molecule has 8 heteroatoms. The van der Waals surface area contributed by atoms with Gasteiger partial charge in [-0.2, -0.15) is 4.98 Å². The van der Waals surface area contributed by atoms with Gasteiger partial charge in [0.05, 0.1) is 19.1 Å². The lowest BCUT2D eigenvalue weighted by Crippen LogP contribution is -2.03. The standard InChI is InChI=1S/C16H11F2N5O/c17-10-4-3-9(6-11(10)18)7-23-8-20-14-13(12-2-1-5-24-12)21-16(19)22-15(14)23/h1-6,8H,7H2,(H2,19,21,22). The van der Waals surface area contributed by atoms with Crippen molar-refractivity contribution in [2.75, 3.05) is 5.73 Å². The Hall–Kier alpha value is -3.29. The van der Waals surface area contributed by atoms with E-state index in [0.717, 1.165) is 12.1 Å². The molecule has 6 nitrogen and oxygen atoms in total. The predicted octanol–water partition coefficient (Wildman–Crippen LogP) is 3.00. The van der Waals surface area contributed by atoms with E-state index in [4.69, 9.17) is 10.2 Å². The Morgan fingerprint density at radius 2 is 2.00 bits per heavy atom. The number of furan rings is 1. The number of aromatic nitrogens is 4. The number of fused-ring (bicyclic) bond motifs is 1. The normalized spacial score (nSPS) is 11.2. The summed E-state index contributed by atoms with van der Waals surface area (Å²) in [5.74, 6) is -1.20. The van der Waals surface area contributed by atoms with Crippen LogP contribution in [0.3, 0.4) is 0 Å². The van der Waals surface area contributed by atoms with Gasteiger partial charge in [-0.1, -0.05) is 6.07 Å². The zero-order valence-electron chi connectivity index (χ0n) is 12.3. The minimum atomic E-state index is -0.901. The van der Waals surface area contributed by atoms with Gasteiger partial charge in [0.25, 0.3) is 0 Å². The SMILES string of the molecule is Nc1nc(-c2ccco2)c2ncn(Cc3ccc(F)c(F)c3)c2n1. The minimum Gasteiger partial charge on any atom is -0.463 e. The van der Waals surface area contributed by atoms with E-state index in [1.54, 1.807) is 23.0 Å². The summed E-state index contributed by atoms with van der Waals surface area (Å²) >= 11 is 0. The number of benzene rings is 1. The van der Waals surface area contributed by atoms with Gasteiger partial charge in [-0.3, -0.25) is 0 Å². The highest BCUT2D eigenvalue weighted by Gasteiger charge is 2.16. The lowest BCUT2D eigenvalue weighted by Gasteiger charge is -2.06. The molecule has 0 atom stereocenters. The first-order valence-corrected chi connectivity index (χ1v) is 7.08. The van der Waals surface area contributed by atoms with E-state index >= 15 is 0 Å². The van der Waals surface area contributed by atoms with Crippen LogP contribution in [0.2, 0.25) is 0 Å². The Morgan fingerprint density at radius 3 is 2.75 bits per heavy atom. The number of hydrogen-bond acceptors (Lipinski definition) is 5. The summed E-state index contributed by atoms with van der Waals surface area (Å²) in [4.78, 5) is 12.7. The third kappa shape index (κ3) is 2.37. The van der Waals surface area contributed by atoms with E-state index in [-0.39, 0.29) is 12.5 Å². The number of nitrogens with two attached hydrogens (primary N) is 1. The van der Waals surface area contributed by atoms with Crippen molar-refractivity contribution in [3.63, 3.8) is 0 Å². The maximum absolute atomic E-state index is 13.4. The van der Waals surface area contributed by atoms with Crippen LogP contribution in [0.15, 0.2) is 47.3 Å². The van der Waals surface area contributed by atoms with E-state index in [2.05, 4.69) is 15.0 Å². The highest BCUT2D eigenvalue weighted by atomic mass is 19.2. The quantitative estimate of drug-likeness (QED) is 0.625. The predicted molar refractivity (Wildman–Crippen MR) is 82.9 cm³/mol. The van der Waals surface area contributed by atoms with Gasteiger partial charge in [0.1, 0.15) is 11.2 Å². The van der Waals surface area contributed by atoms with Gasteiger partial charge in [0.15, 0.2) is 23.0 Å². The van der Waals surface area contributed by atoms with E-state index in [9.17, 15) is 8.78 Å². The van der Waals surface area contributed by atoms with Crippen molar-refractivity contribution in [1.29, 1.82) is 0 Å². The van der Waals surface area contributed by atoms with Crippen LogP contribution < -0.4 is 5.73 Å². The molecule has 0 amide bonds. The van der Waals surface area contributed by atoms with Crippen molar-refractivity contribution in [1.82, 2.24) is 19.5 Å². The first kappa shape index (κ1) is 14.3. The van der Waals surface area contributed by atoms with Crippen molar-refractivity contribution in [3.8, 4) is 11.5 Å². The summed E-state index contributed by atoms with van der Waals surface area (Å²) in [6, 6.07) is 7.20. The summed E-state index contributed by atoms with van der Waals surface area (Å²) < 4.78 is 33.5. The van der Waals surface area contributed by atoms with Crippen LogP contribution in [0, 0.1) is 11.6 Å². The number of imidazole rings is 1. The minimum absolute atomic E-state index is 0.0703. The van der Waals surface area contributed by atoms with Gasteiger partial charge in [0, 0.05) is 0 Å². The molecule has 4 rings (SSSR count). The third-order valence-corrected chi connectivity index (χ3v) is 3.57. The van der Waals surface area contributed by atoms with Crippen LogP contribution in [0.4, 0.5) is 14.7 Å². The highest BCUT2D eigenvalue weighted by Crippen LogP contribution is 2.26. The second-order valence-corrected chi connectivity index (χ2v) is 5.20. The fourth-order valence-electron chi connectivity index (χ4n) is 2.50. The summed E-state index contributed by atoms with van der Waals surface area (Å²) in [7, 11) is 0. The molecule has 0 bridgehead atoms. The monoisotopic (exact) mass is 327 g/mol. The average Bonchev–Trinajstić information content (AvgIpc) is 3.21. The van der Waals surface area contributed by atoms with Crippen LogP contribution in [0.5, 0.6) is 0 Å². The van der Waals surface area contributed by atoms with E-state index in [1.807, 2.05) is 0 Å². The van der Waals surface area contributed by atoms with Crippen molar-refractivity contribution in [2.24, 2.45) is 0 Å². The summed E-state index contributed by atoms with van der Waals surface area (Å²) in [6.45, 7) is 0.266. The third-order valence-electron chi connectivity index (χ3n) is 3.57. The molecule has 3 heterocycles. The molecule has 0 saturated carbocycles. The number of rotatable bonds is 3. The fraction of sp³-hybridized carbons (Fsp3) is 0.0625. The van der Waals surface area contributed by atoms with E-state index in [0.29, 0.717) is 28.2 Å². The second-order valence-electron chi connectivity index (χ2n) is 5.20. The first-order chi connectivity index (χ1) is 11.6. The van der Waals surface area contributed by atoms with Crippen LogP contribution in [-0.4, -0.2) is 19.5 Å². The van der Waals surface area contributed by atoms with Gasteiger partial charge in [-0.25, -0.2) is 18.7 Å². The summed E-state index contributed by atoms with van der Waals surface area (Å²) in [6.07, 6.45) is 3.07.